The lowest BCUT2D eigenvalue weighted by molar-refractivity contribution is 0.260. The van der Waals surface area contributed by atoms with Gasteiger partial charge in [-0.05, 0) is 46.8 Å². The number of aromatic hydroxyl groups is 1. The van der Waals surface area contributed by atoms with Gasteiger partial charge in [-0.3, -0.25) is 0 Å². The van der Waals surface area contributed by atoms with E-state index in [2.05, 4.69) is 22.0 Å². The average Bonchev–Trinajstić information content (AvgIpc) is 2.19. The van der Waals surface area contributed by atoms with E-state index in [1.54, 1.807) is 12.1 Å². The Labute approximate surface area is 103 Å². The van der Waals surface area contributed by atoms with Crippen LogP contribution in [0.5, 0.6) is 5.75 Å². The van der Waals surface area contributed by atoms with Crippen LogP contribution in [0.4, 0.5) is 0 Å². The molecular weight excluding hydrogens is 268 g/mol. The maximum Gasteiger partial charge on any atom is 0.134 e. The minimum Gasteiger partial charge on any atom is -0.506 e. The molecule has 1 aromatic carbocycles. The standard InChI is InChI=1S/C12H13BrN2O/c13-10-5-7(6-14)4-9(12(10)16)11(15)8-2-1-3-8/h4-5,8,11,16H,1-3,15H2/t11-/m0/s1. The first kappa shape index (κ1) is 11.4. The maximum absolute atomic E-state index is 9.92. The van der Waals surface area contributed by atoms with Gasteiger partial charge in [-0.1, -0.05) is 6.42 Å². The van der Waals surface area contributed by atoms with Gasteiger partial charge in [0.25, 0.3) is 0 Å². The van der Waals surface area contributed by atoms with Crippen molar-refractivity contribution in [3.05, 3.63) is 27.7 Å². The highest BCUT2D eigenvalue weighted by Crippen LogP contribution is 2.41. The summed E-state index contributed by atoms with van der Waals surface area (Å²) in [6.07, 6.45) is 3.42. The minimum atomic E-state index is -0.168. The van der Waals surface area contributed by atoms with Gasteiger partial charge >= 0.3 is 0 Å². The zero-order valence-corrected chi connectivity index (χ0v) is 10.4. The first-order valence-electron chi connectivity index (χ1n) is 5.31. The molecule has 1 atom stereocenters. The van der Waals surface area contributed by atoms with Gasteiger partial charge in [-0.15, -0.1) is 0 Å². The van der Waals surface area contributed by atoms with Gasteiger partial charge in [-0.2, -0.15) is 5.26 Å². The number of nitrogens with zero attached hydrogens (tertiary/aromatic N) is 1. The summed E-state index contributed by atoms with van der Waals surface area (Å²) in [7, 11) is 0. The molecule has 2 rings (SSSR count). The molecule has 1 aliphatic carbocycles. The molecule has 0 amide bonds. The predicted molar refractivity (Wildman–Crippen MR) is 64.8 cm³/mol. The van der Waals surface area contributed by atoms with E-state index in [0.717, 1.165) is 12.8 Å². The molecule has 0 unspecified atom stereocenters. The van der Waals surface area contributed by atoms with Crippen molar-refractivity contribution in [3.8, 4) is 11.8 Å². The van der Waals surface area contributed by atoms with Crippen LogP contribution in [0.1, 0.15) is 36.4 Å². The van der Waals surface area contributed by atoms with Crippen LogP contribution >= 0.6 is 15.9 Å². The summed E-state index contributed by atoms with van der Waals surface area (Å²) >= 11 is 3.24. The molecule has 0 bridgehead atoms. The lowest BCUT2D eigenvalue weighted by Gasteiger charge is -2.32. The molecule has 16 heavy (non-hydrogen) atoms. The van der Waals surface area contributed by atoms with Crippen LogP contribution in [0.25, 0.3) is 0 Å². The number of hydrogen-bond donors (Lipinski definition) is 2. The first-order valence-corrected chi connectivity index (χ1v) is 6.11. The van der Waals surface area contributed by atoms with E-state index in [0.29, 0.717) is 21.5 Å². The first-order chi connectivity index (χ1) is 7.63. The number of nitriles is 1. The van der Waals surface area contributed by atoms with E-state index in [9.17, 15) is 5.11 Å². The molecule has 0 spiro atoms. The Morgan fingerprint density at radius 1 is 1.50 bits per heavy atom. The van der Waals surface area contributed by atoms with Gasteiger partial charge in [0.1, 0.15) is 5.75 Å². The normalized spacial score (nSPS) is 17.6. The Morgan fingerprint density at radius 2 is 2.19 bits per heavy atom. The van der Waals surface area contributed by atoms with Crippen LogP contribution in [0.3, 0.4) is 0 Å². The lowest BCUT2D eigenvalue weighted by atomic mass is 9.77. The van der Waals surface area contributed by atoms with E-state index in [1.807, 2.05) is 0 Å². The van der Waals surface area contributed by atoms with Crippen LogP contribution in [0.2, 0.25) is 0 Å². The largest absolute Gasteiger partial charge is 0.506 e. The summed E-state index contributed by atoms with van der Waals surface area (Å²) in [6.45, 7) is 0. The predicted octanol–water partition coefficient (Wildman–Crippen LogP) is 2.83. The molecule has 4 heteroatoms. The van der Waals surface area contributed by atoms with E-state index < -0.39 is 0 Å². The number of benzene rings is 1. The molecule has 0 aromatic heterocycles. The summed E-state index contributed by atoms with van der Waals surface area (Å²) in [4.78, 5) is 0. The van der Waals surface area contributed by atoms with Crippen molar-refractivity contribution >= 4 is 15.9 Å². The number of nitrogens with two attached hydrogens (primary N) is 1. The fraction of sp³-hybridized carbons (Fsp3) is 0.417. The van der Waals surface area contributed by atoms with Crippen LogP contribution in [0, 0.1) is 17.2 Å². The highest BCUT2D eigenvalue weighted by atomic mass is 79.9. The highest BCUT2D eigenvalue weighted by molar-refractivity contribution is 9.10. The molecule has 0 aliphatic heterocycles. The maximum atomic E-state index is 9.92. The van der Waals surface area contributed by atoms with E-state index in [4.69, 9.17) is 11.0 Å². The van der Waals surface area contributed by atoms with Gasteiger partial charge in [0.2, 0.25) is 0 Å². The summed E-state index contributed by atoms with van der Waals surface area (Å²) in [5.74, 6) is 0.602. The fourth-order valence-electron chi connectivity index (χ4n) is 1.99. The smallest absolute Gasteiger partial charge is 0.134 e. The number of phenols is 1. The molecule has 0 radical (unpaired) electrons. The summed E-state index contributed by atoms with van der Waals surface area (Å²) in [5, 5.41) is 18.8. The summed E-state index contributed by atoms with van der Waals surface area (Å²) in [5.41, 5.74) is 7.30. The Hall–Kier alpha value is -1.05. The zero-order chi connectivity index (χ0) is 11.7. The zero-order valence-electron chi connectivity index (χ0n) is 8.78. The molecule has 1 aromatic rings. The molecular formula is C12H13BrN2O. The fourth-order valence-corrected chi connectivity index (χ4v) is 2.47. The van der Waals surface area contributed by atoms with Crippen molar-refractivity contribution in [2.45, 2.75) is 25.3 Å². The third kappa shape index (κ3) is 1.93. The van der Waals surface area contributed by atoms with Crippen molar-refractivity contribution in [2.24, 2.45) is 11.7 Å². The molecule has 1 fully saturated rings. The van der Waals surface area contributed by atoms with Gasteiger partial charge in [0.05, 0.1) is 16.1 Å². The molecule has 1 aliphatic rings. The van der Waals surface area contributed by atoms with Crippen molar-refractivity contribution < 1.29 is 5.11 Å². The summed E-state index contributed by atoms with van der Waals surface area (Å²) < 4.78 is 0.538. The quantitative estimate of drug-likeness (QED) is 0.875. The van der Waals surface area contributed by atoms with Crippen molar-refractivity contribution in [1.82, 2.24) is 0 Å². The van der Waals surface area contributed by atoms with Crippen LogP contribution < -0.4 is 5.73 Å². The number of phenolic OH excluding ortho intramolecular Hbond substituents is 1. The second-order valence-electron chi connectivity index (χ2n) is 4.22. The minimum absolute atomic E-state index is 0.165. The number of rotatable bonds is 2. The molecule has 0 saturated heterocycles. The van der Waals surface area contributed by atoms with Gasteiger partial charge in [0.15, 0.2) is 0 Å². The average molecular weight is 281 g/mol. The van der Waals surface area contributed by atoms with E-state index in [-0.39, 0.29) is 11.8 Å². The number of hydrogen-bond acceptors (Lipinski definition) is 3. The molecule has 1 saturated carbocycles. The molecule has 3 N–H and O–H groups in total. The Kier molecular flexibility index (Phi) is 3.17. The van der Waals surface area contributed by atoms with Gasteiger partial charge < -0.3 is 10.8 Å². The van der Waals surface area contributed by atoms with Crippen LogP contribution in [0.15, 0.2) is 16.6 Å². The van der Waals surface area contributed by atoms with Crippen molar-refractivity contribution in [2.75, 3.05) is 0 Å². The Morgan fingerprint density at radius 3 is 2.69 bits per heavy atom. The van der Waals surface area contributed by atoms with E-state index in [1.165, 1.54) is 6.42 Å². The highest BCUT2D eigenvalue weighted by Gasteiger charge is 2.28. The monoisotopic (exact) mass is 280 g/mol. The lowest BCUT2D eigenvalue weighted by Crippen LogP contribution is -2.27. The third-order valence-electron chi connectivity index (χ3n) is 3.24. The van der Waals surface area contributed by atoms with Crippen molar-refractivity contribution in [3.63, 3.8) is 0 Å². The second-order valence-corrected chi connectivity index (χ2v) is 5.08. The van der Waals surface area contributed by atoms with Crippen LogP contribution in [-0.2, 0) is 0 Å². The summed E-state index contributed by atoms with van der Waals surface area (Å²) in [6, 6.07) is 5.19. The SMILES string of the molecule is N#Cc1cc(Br)c(O)c([C@@H](N)C2CCC2)c1. The second kappa shape index (κ2) is 4.44. The van der Waals surface area contributed by atoms with Gasteiger partial charge in [-0.25, -0.2) is 0 Å². The molecule has 0 heterocycles. The van der Waals surface area contributed by atoms with Crippen molar-refractivity contribution in [1.29, 1.82) is 5.26 Å². The molecule has 84 valence electrons. The topological polar surface area (TPSA) is 70.0 Å². The van der Waals surface area contributed by atoms with Crippen LogP contribution in [-0.4, -0.2) is 5.11 Å². The Bertz CT molecular complexity index is 449. The third-order valence-corrected chi connectivity index (χ3v) is 3.84. The number of halogens is 1. The van der Waals surface area contributed by atoms with E-state index >= 15 is 0 Å². The van der Waals surface area contributed by atoms with Gasteiger partial charge in [0, 0.05) is 11.6 Å². The molecule has 3 nitrogen and oxygen atoms in total. The Balaban J connectivity index is 2.38.